The van der Waals surface area contributed by atoms with Crippen LogP contribution < -0.4 is 0 Å². The topological polar surface area (TPSA) is 35.6 Å². The van der Waals surface area contributed by atoms with E-state index < -0.39 is 5.41 Å². The Morgan fingerprint density at radius 3 is 1.81 bits per heavy atom. The van der Waals surface area contributed by atoms with E-state index >= 15 is 0 Å². The maximum absolute atomic E-state index is 5.09. The van der Waals surface area contributed by atoms with Crippen molar-refractivity contribution in [2.24, 2.45) is 0 Å². The summed E-state index contributed by atoms with van der Waals surface area (Å²) >= 11 is 0. The molecular formula is C43H36N4. The van der Waals surface area contributed by atoms with Gasteiger partial charge in [-0.05, 0) is 76.2 Å². The molecule has 0 aliphatic heterocycles. The fourth-order valence-corrected chi connectivity index (χ4v) is 7.10. The van der Waals surface area contributed by atoms with Crippen LogP contribution in [0.4, 0.5) is 0 Å². The van der Waals surface area contributed by atoms with Crippen molar-refractivity contribution >= 4 is 21.8 Å². The van der Waals surface area contributed by atoms with Gasteiger partial charge in [0.1, 0.15) is 0 Å². The van der Waals surface area contributed by atoms with E-state index in [1.165, 1.54) is 38.5 Å². The summed E-state index contributed by atoms with van der Waals surface area (Å²) in [5, 5.41) is 6.97. The Balaban J connectivity index is 1.51. The Kier molecular flexibility index (Phi) is 6.87. The molecule has 3 aromatic heterocycles. The molecule has 0 bridgehead atoms. The summed E-state index contributed by atoms with van der Waals surface area (Å²) in [7, 11) is 0. The zero-order valence-corrected chi connectivity index (χ0v) is 26.9. The molecule has 0 saturated heterocycles. The lowest BCUT2D eigenvalue weighted by Crippen LogP contribution is -2.32. The molecule has 0 fully saturated rings. The summed E-state index contributed by atoms with van der Waals surface area (Å²) in [6.45, 7) is 6.89. The first-order chi connectivity index (χ1) is 22.9. The third kappa shape index (κ3) is 4.76. The van der Waals surface area contributed by atoms with Crippen LogP contribution in [0.15, 0.2) is 164 Å². The van der Waals surface area contributed by atoms with Gasteiger partial charge in [0.25, 0.3) is 0 Å². The standard InChI is InChI=1S/C43H36N4/c1-42(2,3)33-27-34(43(31-15-6-4-7-16-31,32-17-8-5-9-18-32)41-21-12-13-24-44-41)29-36(28-33)47-39-20-11-10-19-37(39)38-23-22-35(30-40(38)47)46-26-14-25-45-46/h4-30H,1-3H3. The normalized spacial score (nSPS) is 12.1. The second-order valence-electron chi connectivity index (χ2n) is 13.2. The van der Waals surface area contributed by atoms with Crippen molar-refractivity contribution < 1.29 is 0 Å². The Labute approximate surface area is 275 Å². The molecule has 4 nitrogen and oxygen atoms in total. The molecule has 8 aromatic rings. The van der Waals surface area contributed by atoms with Crippen molar-refractivity contribution in [3.63, 3.8) is 0 Å². The van der Waals surface area contributed by atoms with Gasteiger partial charge >= 0.3 is 0 Å². The maximum Gasteiger partial charge on any atom is 0.0874 e. The molecule has 0 saturated carbocycles. The summed E-state index contributed by atoms with van der Waals surface area (Å²) < 4.78 is 4.35. The molecule has 3 heterocycles. The number of fused-ring (bicyclic) bond motifs is 3. The molecule has 0 radical (unpaired) electrons. The number of hydrogen-bond donors (Lipinski definition) is 0. The van der Waals surface area contributed by atoms with Crippen LogP contribution in [0, 0.1) is 0 Å². The van der Waals surface area contributed by atoms with Crippen LogP contribution in [0.5, 0.6) is 0 Å². The Bertz CT molecular complexity index is 2220. The third-order valence-electron chi connectivity index (χ3n) is 9.36. The van der Waals surface area contributed by atoms with Crippen LogP contribution in [0.2, 0.25) is 0 Å². The predicted molar refractivity (Wildman–Crippen MR) is 193 cm³/mol. The lowest BCUT2D eigenvalue weighted by Gasteiger charge is -2.37. The van der Waals surface area contributed by atoms with Crippen LogP contribution in [0.25, 0.3) is 33.2 Å². The van der Waals surface area contributed by atoms with E-state index in [9.17, 15) is 0 Å². The highest BCUT2D eigenvalue weighted by atomic mass is 15.3. The highest BCUT2D eigenvalue weighted by Crippen LogP contribution is 2.46. The lowest BCUT2D eigenvalue weighted by molar-refractivity contribution is 0.586. The van der Waals surface area contributed by atoms with E-state index in [2.05, 4.69) is 164 Å². The van der Waals surface area contributed by atoms with E-state index in [0.29, 0.717) is 0 Å². The van der Waals surface area contributed by atoms with E-state index in [1.54, 1.807) is 0 Å². The molecule has 0 aliphatic carbocycles. The lowest BCUT2D eigenvalue weighted by atomic mass is 9.66. The first-order valence-electron chi connectivity index (χ1n) is 16.2. The zero-order chi connectivity index (χ0) is 32.0. The van der Waals surface area contributed by atoms with E-state index in [4.69, 9.17) is 4.98 Å². The minimum atomic E-state index is -0.668. The van der Waals surface area contributed by atoms with E-state index in [-0.39, 0.29) is 5.41 Å². The van der Waals surface area contributed by atoms with Gasteiger partial charge in [-0.1, -0.05) is 118 Å². The number of pyridine rings is 1. The summed E-state index contributed by atoms with van der Waals surface area (Å²) in [6, 6.07) is 52.4. The van der Waals surface area contributed by atoms with Gasteiger partial charge in [-0.3, -0.25) is 4.98 Å². The Hall–Kier alpha value is -5.74. The monoisotopic (exact) mass is 608 g/mol. The number of aromatic nitrogens is 4. The maximum atomic E-state index is 5.09. The van der Waals surface area contributed by atoms with Gasteiger partial charge in [0, 0.05) is 35.1 Å². The molecule has 0 amide bonds. The summed E-state index contributed by atoms with van der Waals surface area (Å²) in [4.78, 5) is 5.09. The minimum Gasteiger partial charge on any atom is -0.309 e. The predicted octanol–water partition coefficient (Wildman–Crippen LogP) is 10.0. The van der Waals surface area contributed by atoms with Crippen molar-refractivity contribution in [1.29, 1.82) is 0 Å². The fraction of sp³-hybridized carbons (Fsp3) is 0.116. The van der Waals surface area contributed by atoms with Crippen molar-refractivity contribution in [3.8, 4) is 11.4 Å². The molecule has 4 heteroatoms. The van der Waals surface area contributed by atoms with Gasteiger partial charge in [0.05, 0.1) is 27.8 Å². The molecule has 0 spiro atoms. The van der Waals surface area contributed by atoms with Gasteiger partial charge in [0.15, 0.2) is 0 Å². The van der Waals surface area contributed by atoms with Crippen molar-refractivity contribution in [2.45, 2.75) is 31.6 Å². The van der Waals surface area contributed by atoms with Gasteiger partial charge in [0.2, 0.25) is 0 Å². The van der Waals surface area contributed by atoms with E-state index in [0.717, 1.165) is 22.6 Å². The largest absolute Gasteiger partial charge is 0.309 e. The van der Waals surface area contributed by atoms with Crippen molar-refractivity contribution in [3.05, 3.63) is 192 Å². The van der Waals surface area contributed by atoms with Crippen LogP contribution in [0.3, 0.4) is 0 Å². The van der Waals surface area contributed by atoms with Crippen molar-refractivity contribution in [2.75, 3.05) is 0 Å². The van der Waals surface area contributed by atoms with Gasteiger partial charge in [-0.25, -0.2) is 4.68 Å². The molecule has 8 rings (SSSR count). The average Bonchev–Trinajstić information content (AvgIpc) is 3.76. The molecule has 0 N–H and O–H groups in total. The van der Waals surface area contributed by atoms with Gasteiger partial charge in [-0.15, -0.1) is 0 Å². The number of nitrogens with zero attached hydrogens (tertiary/aromatic N) is 4. The second kappa shape index (κ2) is 11.3. The molecule has 5 aromatic carbocycles. The highest BCUT2D eigenvalue weighted by molar-refractivity contribution is 6.09. The highest BCUT2D eigenvalue weighted by Gasteiger charge is 2.40. The summed E-state index contributed by atoms with van der Waals surface area (Å²) in [5.41, 5.74) is 9.41. The van der Waals surface area contributed by atoms with Crippen LogP contribution in [0.1, 0.15) is 48.7 Å². The molecule has 47 heavy (non-hydrogen) atoms. The summed E-state index contributed by atoms with van der Waals surface area (Å²) in [5.74, 6) is 0. The fourth-order valence-electron chi connectivity index (χ4n) is 7.10. The molecule has 0 aliphatic rings. The smallest absolute Gasteiger partial charge is 0.0874 e. The minimum absolute atomic E-state index is 0.118. The van der Waals surface area contributed by atoms with Crippen LogP contribution in [-0.4, -0.2) is 19.3 Å². The number of hydrogen-bond acceptors (Lipinski definition) is 2. The Morgan fingerprint density at radius 2 is 1.15 bits per heavy atom. The van der Waals surface area contributed by atoms with Gasteiger partial charge < -0.3 is 4.57 Å². The van der Waals surface area contributed by atoms with Crippen molar-refractivity contribution in [1.82, 2.24) is 19.3 Å². The molecule has 0 atom stereocenters. The SMILES string of the molecule is CC(C)(C)c1cc(-n2c3ccccc3c3ccc(-n4cccn4)cc32)cc(C(c2ccccc2)(c2ccccc2)c2ccccn2)c1. The number of benzene rings is 5. The van der Waals surface area contributed by atoms with E-state index in [1.807, 2.05) is 35.4 Å². The Morgan fingerprint density at radius 1 is 0.489 bits per heavy atom. The van der Waals surface area contributed by atoms with Gasteiger partial charge in [-0.2, -0.15) is 5.10 Å². The quantitative estimate of drug-likeness (QED) is 0.176. The zero-order valence-electron chi connectivity index (χ0n) is 26.9. The first-order valence-corrected chi connectivity index (χ1v) is 16.2. The first kappa shape index (κ1) is 28.7. The van der Waals surface area contributed by atoms with Crippen LogP contribution in [-0.2, 0) is 10.8 Å². The second-order valence-corrected chi connectivity index (χ2v) is 13.2. The molecular weight excluding hydrogens is 573 g/mol. The average molecular weight is 609 g/mol. The molecule has 0 unspecified atom stereocenters. The van der Waals surface area contributed by atoms with Crippen LogP contribution >= 0.6 is 0 Å². The third-order valence-corrected chi connectivity index (χ3v) is 9.36. The molecule has 228 valence electrons. The number of para-hydroxylation sites is 1. The summed E-state index contributed by atoms with van der Waals surface area (Å²) in [6.07, 6.45) is 5.73. The number of rotatable bonds is 6.